The van der Waals surface area contributed by atoms with Crippen molar-refractivity contribution in [3.63, 3.8) is 0 Å². The average molecular weight is 431 g/mol. The van der Waals surface area contributed by atoms with Crippen LogP contribution in [0.5, 0.6) is 0 Å². The van der Waals surface area contributed by atoms with Gasteiger partial charge in [-0.25, -0.2) is 9.79 Å². The van der Waals surface area contributed by atoms with Crippen molar-refractivity contribution in [1.82, 2.24) is 4.57 Å². The number of thiophene rings is 1. The van der Waals surface area contributed by atoms with Crippen molar-refractivity contribution >= 4 is 46.3 Å². The summed E-state index contributed by atoms with van der Waals surface area (Å²) in [4.78, 5) is 31.8. The number of halogens is 1. The predicted molar refractivity (Wildman–Crippen MR) is 112 cm³/mol. The Balaban J connectivity index is 2.00. The summed E-state index contributed by atoms with van der Waals surface area (Å²) in [7, 11) is 1.32. The van der Waals surface area contributed by atoms with Crippen LogP contribution in [0.25, 0.3) is 6.08 Å². The summed E-state index contributed by atoms with van der Waals surface area (Å²) in [5.41, 5.74) is 1.46. The number of carbonyl (C=O) groups is 1. The highest BCUT2D eigenvalue weighted by atomic mass is 35.5. The number of allylic oxidation sites excluding steroid dienone is 1. The monoisotopic (exact) mass is 430 g/mol. The molecule has 0 spiro atoms. The number of carbonyl (C=O) groups excluding carboxylic acids is 1. The van der Waals surface area contributed by atoms with Gasteiger partial charge in [0.1, 0.15) is 0 Å². The van der Waals surface area contributed by atoms with E-state index in [2.05, 4.69) is 4.99 Å². The number of hydrogen-bond acceptors (Lipinski definition) is 6. The Morgan fingerprint density at radius 2 is 2.04 bits per heavy atom. The van der Waals surface area contributed by atoms with Gasteiger partial charge >= 0.3 is 5.97 Å². The Hall–Kier alpha value is -2.48. The fourth-order valence-electron chi connectivity index (χ4n) is 3.16. The second-order valence-corrected chi connectivity index (χ2v) is 8.57. The molecule has 0 radical (unpaired) electrons. The van der Waals surface area contributed by atoms with E-state index >= 15 is 0 Å². The lowest BCUT2D eigenvalue weighted by molar-refractivity contribution is -0.136. The highest BCUT2D eigenvalue weighted by Gasteiger charge is 2.32. The summed E-state index contributed by atoms with van der Waals surface area (Å²) in [5.74, 6) is -0.506. The summed E-state index contributed by atoms with van der Waals surface area (Å²) in [5, 5.41) is 2.54. The number of methoxy groups -OCH3 is 1. The standard InChI is InChI=1S/C20H15ClN2O3S2/c1-11-16(19(25)26-2)17(12-5-7-13(21)8-6-12)23-18(24)15(28-20(23)22-11)10-14-4-3-9-27-14/h3-10,17H,1-2H3/b15-10+. The van der Waals surface area contributed by atoms with Gasteiger partial charge in [-0.1, -0.05) is 41.1 Å². The zero-order chi connectivity index (χ0) is 19.8. The van der Waals surface area contributed by atoms with Crippen LogP contribution >= 0.6 is 34.3 Å². The lowest BCUT2D eigenvalue weighted by atomic mass is 9.96. The Kier molecular flexibility index (Phi) is 5.05. The van der Waals surface area contributed by atoms with Crippen LogP contribution in [0.15, 0.2) is 62.8 Å². The van der Waals surface area contributed by atoms with E-state index in [1.165, 1.54) is 18.4 Å². The van der Waals surface area contributed by atoms with Gasteiger partial charge in [-0.3, -0.25) is 9.36 Å². The van der Waals surface area contributed by atoms with Gasteiger partial charge in [-0.2, -0.15) is 0 Å². The third-order valence-corrected chi connectivity index (χ3v) is 6.48. The van der Waals surface area contributed by atoms with Gasteiger partial charge in [0.05, 0.1) is 29.0 Å². The van der Waals surface area contributed by atoms with E-state index in [-0.39, 0.29) is 5.56 Å². The fourth-order valence-corrected chi connectivity index (χ4v) is 5.05. The quantitative estimate of drug-likeness (QED) is 0.600. The maximum atomic E-state index is 13.2. The van der Waals surface area contributed by atoms with Gasteiger partial charge in [-0.15, -0.1) is 11.3 Å². The SMILES string of the molecule is COC(=O)C1=C(C)N=c2s/c(=C/c3cccs3)c(=O)n2C1c1ccc(Cl)cc1. The molecule has 28 heavy (non-hydrogen) atoms. The topological polar surface area (TPSA) is 60.7 Å². The molecule has 3 heterocycles. The lowest BCUT2D eigenvalue weighted by Gasteiger charge is -2.24. The molecular formula is C20H15ClN2O3S2. The van der Waals surface area contributed by atoms with Crippen LogP contribution in [0.1, 0.15) is 23.4 Å². The van der Waals surface area contributed by atoms with Crippen molar-refractivity contribution in [3.8, 4) is 0 Å². The zero-order valence-corrected chi connectivity index (χ0v) is 17.4. The number of thiazole rings is 1. The van der Waals surface area contributed by atoms with Crippen molar-refractivity contribution < 1.29 is 9.53 Å². The smallest absolute Gasteiger partial charge is 0.338 e. The molecule has 0 bridgehead atoms. The van der Waals surface area contributed by atoms with E-state index in [4.69, 9.17) is 16.3 Å². The van der Waals surface area contributed by atoms with Crippen LogP contribution in [0.4, 0.5) is 0 Å². The fraction of sp³-hybridized carbons (Fsp3) is 0.150. The van der Waals surface area contributed by atoms with Gasteiger partial charge in [0.15, 0.2) is 4.80 Å². The molecule has 0 aliphatic carbocycles. The molecule has 4 rings (SSSR count). The number of fused-ring (bicyclic) bond motifs is 1. The second kappa shape index (κ2) is 7.50. The predicted octanol–water partition coefficient (Wildman–Crippen LogP) is 3.12. The van der Waals surface area contributed by atoms with Crippen molar-refractivity contribution in [2.45, 2.75) is 13.0 Å². The number of aromatic nitrogens is 1. The number of hydrogen-bond donors (Lipinski definition) is 0. The number of rotatable bonds is 3. The van der Waals surface area contributed by atoms with Gasteiger partial charge in [0, 0.05) is 9.90 Å². The van der Waals surface area contributed by atoms with E-state index in [1.807, 2.05) is 35.7 Å². The minimum absolute atomic E-state index is 0.189. The molecule has 0 saturated heterocycles. The first kappa shape index (κ1) is 18.9. The number of nitrogens with zero attached hydrogens (tertiary/aromatic N) is 2. The molecule has 0 fully saturated rings. The molecule has 1 unspecified atom stereocenters. The Bertz CT molecular complexity index is 1250. The number of benzene rings is 1. The Morgan fingerprint density at radius 1 is 1.29 bits per heavy atom. The Morgan fingerprint density at radius 3 is 2.68 bits per heavy atom. The van der Waals surface area contributed by atoms with E-state index in [0.29, 0.717) is 25.6 Å². The van der Waals surface area contributed by atoms with Crippen molar-refractivity contribution in [2.75, 3.05) is 7.11 Å². The van der Waals surface area contributed by atoms with Crippen LogP contribution in [-0.4, -0.2) is 17.6 Å². The molecular weight excluding hydrogens is 416 g/mol. The van der Waals surface area contributed by atoms with Gasteiger partial charge in [0.25, 0.3) is 5.56 Å². The van der Waals surface area contributed by atoms with E-state index in [9.17, 15) is 9.59 Å². The van der Waals surface area contributed by atoms with Crippen molar-refractivity contribution in [3.05, 3.63) is 88.2 Å². The minimum Gasteiger partial charge on any atom is -0.466 e. The maximum Gasteiger partial charge on any atom is 0.338 e. The third-order valence-electron chi connectivity index (χ3n) is 4.43. The molecule has 1 aliphatic heterocycles. The zero-order valence-electron chi connectivity index (χ0n) is 15.0. The van der Waals surface area contributed by atoms with Crippen LogP contribution in [0.3, 0.4) is 0 Å². The summed E-state index contributed by atoms with van der Waals surface area (Å²) < 4.78 is 7.11. The number of esters is 1. The molecule has 0 amide bonds. The van der Waals surface area contributed by atoms with Crippen LogP contribution in [0, 0.1) is 0 Å². The first-order valence-electron chi connectivity index (χ1n) is 8.39. The summed E-state index contributed by atoms with van der Waals surface area (Å²) in [6.45, 7) is 1.76. The average Bonchev–Trinajstić information content (AvgIpc) is 3.29. The largest absolute Gasteiger partial charge is 0.466 e. The molecule has 0 N–H and O–H groups in total. The molecule has 1 aromatic carbocycles. The summed E-state index contributed by atoms with van der Waals surface area (Å²) in [6, 6.07) is 10.4. The normalized spacial score (nSPS) is 16.7. The molecule has 2 aromatic heterocycles. The molecule has 8 heteroatoms. The summed E-state index contributed by atoms with van der Waals surface area (Å²) >= 11 is 8.89. The molecule has 5 nitrogen and oxygen atoms in total. The van der Waals surface area contributed by atoms with E-state index in [1.54, 1.807) is 35.0 Å². The molecule has 1 atom stereocenters. The first-order valence-corrected chi connectivity index (χ1v) is 10.5. The maximum absolute atomic E-state index is 13.2. The van der Waals surface area contributed by atoms with Gasteiger partial charge in [0.2, 0.25) is 0 Å². The van der Waals surface area contributed by atoms with Crippen LogP contribution < -0.4 is 14.9 Å². The summed E-state index contributed by atoms with van der Waals surface area (Å²) in [6.07, 6.45) is 1.85. The van der Waals surface area contributed by atoms with Crippen molar-refractivity contribution in [2.24, 2.45) is 4.99 Å². The van der Waals surface area contributed by atoms with Crippen molar-refractivity contribution in [1.29, 1.82) is 0 Å². The second-order valence-electron chi connectivity index (χ2n) is 6.14. The third kappa shape index (κ3) is 3.26. The highest BCUT2D eigenvalue weighted by molar-refractivity contribution is 7.11. The van der Waals surface area contributed by atoms with Crippen LogP contribution in [0.2, 0.25) is 5.02 Å². The minimum atomic E-state index is -0.619. The Labute approximate surface area is 173 Å². The molecule has 0 saturated carbocycles. The molecule has 1 aliphatic rings. The lowest BCUT2D eigenvalue weighted by Crippen LogP contribution is -2.39. The molecule has 3 aromatic rings. The van der Waals surface area contributed by atoms with Crippen LogP contribution in [-0.2, 0) is 9.53 Å². The highest BCUT2D eigenvalue weighted by Crippen LogP contribution is 2.31. The van der Waals surface area contributed by atoms with Gasteiger partial charge in [-0.05, 0) is 42.1 Å². The number of ether oxygens (including phenoxy) is 1. The van der Waals surface area contributed by atoms with E-state index in [0.717, 1.165) is 10.4 Å². The van der Waals surface area contributed by atoms with E-state index < -0.39 is 12.0 Å². The molecule has 142 valence electrons. The first-order chi connectivity index (χ1) is 13.5. The van der Waals surface area contributed by atoms with Gasteiger partial charge < -0.3 is 4.74 Å².